The molecule has 2 nitrogen and oxygen atoms in total. The molecular formula is C14H14ClNO. The van der Waals surface area contributed by atoms with Gasteiger partial charge in [-0.25, -0.2) is 4.98 Å². The molecule has 88 valence electrons. The Hall–Kier alpha value is -1.54. The quantitative estimate of drug-likeness (QED) is 0.758. The van der Waals surface area contributed by atoms with Crippen LogP contribution in [0.25, 0.3) is 0 Å². The van der Waals surface area contributed by atoms with Crippen molar-refractivity contribution in [3.05, 3.63) is 53.2 Å². The van der Waals surface area contributed by atoms with Crippen molar-refractivity contribution in [1.29, 1.82) is 0 Å². The van der Waals surface area contributed by atoms with Crippen LogP contribution in [-0.2, 0) is 5.88 Å². The van der Waals surface area contributed by atoms with E-state index in [-0.39, 0.29) is 0 Å². The number of pyridine rings is 1. The van der Waals surface area contributed by atoms with Crippen LogP contribution < -0.4 is 4.74 Å². The number of alkyl halides is 1. The molecule has 0 aliphatic heterocycles. The molecule has 1 aromatic heterocycles. The molecule has 0 saturated carbocycles. The van der Waals surface area contributed by atoms with Crippen LogP contribution in [0.15, 0.2) is 36.5 Å². The second kappa shape index (κ2) is 5.19. The lowest BCUT2D eigenvalue weighted by Crippen LogP contribution is -1.90. The second-order valence-electron chi connectivity index (χ2n) is 4.06. The van der Waals surface area contributed by atoms with Crippen LogP contribution in [0, 0.1) is 13.8 Å². The maximum Gasteiger partial charge on any atom is 0.219 e. The van der Waals surface area contributed by atoms with E-state index < -0.39 is 0 Å². The molecule has 0 N–H and O–H groups in total. The SMILES string of the molecule is Cc1ccc(Oc2cc(C)cc(CCl)c2)nc1. The van der Waals surface area contributed by atoms with E-state index in [0.29, 0.717) is 11.8 Å². The zero-order chi connectivity index (χ0) is 12.3. The van der Waals surface area contributed by atoms with Crippen LogP contribution in [0.1, 0.15) is 16.7 Å². The largest absolute Gasteiger partial charge is 0.439 e. The predicted octanol–water partition coefficient (Wildman–Crippen LogP) is 4.23. The van der Waals surface area contributed by atoms with Gasteiger partial charge in [0.25, 0.3) is 0 Å². The molecule has 0 aliphatic rings. The normalized spacial score (nSPS) is 10.3. The molecule has 0 unspecified atom stereocenters. The summed E-state index contributed by atoms with van der Waals surface area (Å²) in [6.45, 7) is 4.01. The fourth-order valence-corrected chi connectivity index (χ4v) is 1.75. The second-order valence-corrected chi connectivity index (χ2v) is 4.33. The minimum absolute atomic E-state index is 0.485. The molecule has 0 bridgehead atoms. The molecule has 2 rings (SSSR count). The number of hydrogen-bond donors (Lipinski definition) is 0. The van der Waals surface area contributed by atoms with E-state index in [2.05, 4.69) is 4.98 Å². The van der Waals surface area contributed by atoms with Crippen LogP contribution >= 0.6 is 11.6 Å². The van der Waals surface area contributed by atoms with Crippen LogP contribution in [0.3, 0.4) is 0 Å². The summed E-state index contributed by atoms with van der Waals surface area (Å²) in [5.74, 6) is 1.86. The highest BCUT2D eigenvalue weighted by molar-refractivity contribution is 6.17. The number of hydrogen-bond acceptors (Lipinski definition) is 2. The minimum Gasteiger partial charge on any atom is -0.439 e. The number of nitrogens with zero attached hydrogens (tertiary/aromatic N) is 1. The number of ether oxygens (including phenoxy) is 1. The van der Waals surface area contributed by atoms with Crippen LogP contribution in [0.5, 0.6) is 11.6 Å². The number of aryl methyl sites for hydroxylation is 2. The third kappa shape index (κ3) is 3.21. The van der Waals surface area contributed by atoms with Gasteiger partial charge in [-0.15, -0.1) is 11.6 Å². The van der Waals surface area contributed by atoms with E-state index in [9.17, 15) is 0 Å². The van der Waals surface area contributed by atoms with Gasteiger partial charge in [0.2, 0.25) is 5.88 Å². The summed E-state index contributed by atoms with van der Waals surface area (Å²) in [4.78, 5) is 4.20. The van der Waals surface area contributed by atoms with Crippen molar-refractivity contribution >= 4 is 11.6 Å². The summed E-state index contributed by atoms with van der Waals surface area (Å²) in [5.41, 5.74) is 3.29. The molecule has 0 amide bonds. The van der Waals surface area contributed by atoms with E-state index in [1.54, 1.807) is 6.20 Å². The van der Waals surface area contributed by atoms with Crippen molar-refractivity contribution in [2.24, 2.45) is 0 Å². The highest BCUT2D eigenvalue weighted by atomic mass is 35.5. The number of aromatic nitrogens is 1. The molecule has 0 radical (unpaired) electrons. The van der Waals surface area contributed by atoms with E-state index >= 15 is 0 Å². The molecule has 1 heterocycles. The number of benzene rings is 1. The third-order valence-corrected chi connectivity index (χ3v) is 2.68. The van der Waals surface area contributed by atoms with E-state index in [1.165, 1.54) is 0 Å². The Bertz CT molecular complexity index is 508. The van der Waals surface area contributed by atoms with Gasteiger partial charge < -0.3 is 4.74 Å². The summed E-state index contributed by atoms with van der Waals surface area (Å²) in [6, 6.07) is 9.78. The zero-order valence-corrected chi connectivity index (χ0v) is 10.7. The number of halogens is 1. The standard InChI is InChI=1S/C14H14ClNO/c1-10-3-4-14(16-9-10)17-13-6-11(2)5-12(7-13)8-15/h3-7,9H,8H2,1-2H3. The molecule has 0 fully saturated rings. The molecule has 0 aliphatic carbocycles. The molecule has 0 spiro atoms. The molecule has 3 heteroatoms. The van der Waals surface area contributed by atoms with E-state index in [4.69, 9.17) is 16.3 Å². The predicted molar refractivity (Wildman–Crippen MR) is 69.8 cm³/mol. The summed E-state index contributed by atoms with van der Waals surface area (Å²) >= 11 is 5.82. The Morgan fingerprint density at radius 2 is 1.94 bits per heavy atom. The van der Waals surface area contributed by atoms with Gasteiger partial charge in [-0.05, 0) is 42.7 Å². The molecule has 2 aromatic rings. The average molecular weight is 248 g/mol. The zero-order valence-electron chi connectivity index (χ0n) is 9.90. The van der Waals surface area contributed by atoms with Crippen LogP contribution in [-0.4, -0.2) is 4.98 Å². The summed E-state index contributed by atoms with van der Waals surface area (Å²) < 4.78 is 5.69. The lowest BCUT2D eigenvalue weighted by molar-refractivity contribution is 0.462. The minimum atomic E-state index is 0.485. The highest BCUT2D eigenvalue weighted by Crippen LogP contribution is 2.23. The summed E-state index contributed by atoms with van der Waals surface area (Å²) in [7, 11) is 0. The number of rotatable bonds is 3. The fourth-order valence-electron chi connectivity index (χ4n) is 1.60. The lowest BCUT2D eigenvalue weighted by Gasteiger charge is -2.07. The van der Waals surface area contributed by atoms with Gasteiger partial charge in [-0.1, -0.05) is 12.1 Å². The summed E-state index contributed by atoms with van der Waals surface area (Å²) in [6.07, 6.45) is 1.79. The van der Waals surface area contributed by atoms with Crippen molar-refractivity contribution in [1.82, 2.24) is 4.98 Å². The lowest BCUT2D eigenvalue weighted by atomic mass is 10.1. The van der Waals surface area contributed by atoms with Gasteiger partial charge in [0.05, 0.1) is 0 Å². The highest BCUT2D eigenvalue weighted by Gasteiger charge is 2.01. The maximum atomic E-state index is 5.82. The Labute approximate surface area is 106 Å². The topological polar surface area (TPSA) is 22.1 Å². The van der Waals surface area contributed by atoms with Crippen LogP contribution in [0.4, 0.5) is 0 Å². The Morgan fingerprint density at radius 1 is 1.12 bits per heavy atom. The average Bonchev–Trinajstić information content (AvgIpc) is 2.31. The van der Waals surface area contributed by atoms with Crippen molar-refractivity contribution in [2.45, 2.75) is 19.7 Å². The van der Waals surface area contributed by atoms with E-state index in [0.717, 1.165) is 22.4 Å². The van der Waals surface area contributed by atoms with Crippen molar-refractivity contribution in [2.75, 3.05) is 0 Å². The Balaban J connectivity index is 2.23. The first kappa shape index (κ1) is 11.9. The van der Waals surface area contributed by atoms with Crippen molar-refractivity contribution in [3.63, 3.8) is 0 Å². The third-order valence-electron chi connectivity index (χ3n) is 2.37. The summed E-state index contributed by atoms with van der Waals surface area (Å²) in [5, 5.41) is 0. The van der Waals surface area contributed by atoms with Gasteiger partial charge in [0.15, 0.2) is 0 Å². The van der Waals surface area contributed by atoms with Crippen molar-refractivity contribution < 1.29 is 4.74 Å². The smallest absolute Gasteiger partial charge is 0.219 e. The van der Waals surface area contributed by atoms with Gasteiger partial charge in [0, 0.05) is 18.1 Å². The van der Waals surface area contributed by atoms with Gasteiger partial charge in [-0.3, -0.25) is 0 Å². The molecule has 17 heavy (non-hydrogen) atoms. The monoisotopic (exact) mass is 247 g/mol. The van der Waals surface area contributed by atoms with Gasteiger partial charge in [-0.2, -0.15) is 0 Å². The van der Waals surface area contributed by atoms with Gasteiger partial charge in [0.1, 0.15) is 5.75 Å². The molecule has 0 saturated heterocycles. The van der Waals surface area contributed by atoms with Gasteiger partial charge >= 0.3 is 0 Å². The molecule has 1 aromatic carbocycles. The molecule has 0 atom stereocenters. The van der Waals surface area contributed by atoms with Crippen molar-refractivity contribution in [3.8, 4) is 11.6 Å². The first-order valence-electron chi connectivity index (χ1n) is 5.44. The van der Waals surface area contributed by atoms with Crippen LogP contribution in [0.2, 0.25) is 0 Å². The molecular weight excluding hydrogens is 234 g/mol. The van der Waals surface area contributed by atoms with E-state index in [1.807, 2.05) is 44.2 Å². The Kier molecular flexibility index (Phi) is 3.64. The first-order valence-corrected chi connectivity index (χ1v) is 5.98. The first-order chi connectivity index (χ1) is 8.17. The Morgan fingerprint density at radius 3 is 2.59 bits per heavy atom. The maximum absolute atomic E-state index is 5.82. The fraction of sp³-hybridized carbons (Fsp3) is 0.214.